The van der Waals surface area contributed by atoms with Crippen molar-refractivity contribution in [2.75, 3.05) is 25.0 Å². The van der Waals surface area contributed by atoms with Crippen LogP contribution in [0.3, 0.4) is 0 Å². The maximum Gasteiger partial charge on any atom is 0.245 e. The van der Waals surface area contributed by atoms with E-state index in [4.69, 9.17) is 5.26 Å². The maximum absolute atomic E-state index is 13.4. The lowest BCUT2D eigenvalue weighted by Gasteiger charge is -2.42. The predicted molar refractivity (Wildman–Crippen MR) is 115 cm³/mol. The molecule has 1 fully saturated rings. The smallest absolute Gasteiger partial charge is 0.245 e. The van der Waals surface area contributed by atoms with Gasteiger partial charge < -0.3 is 4.90 Å². The van der Waals surface area contributed by atoms with Crippen LogP contribution in [0.5, 0.6) is 0 Å². The molecule has 0 spiro atoms. The Kier molecular flexibility index (Phi) is 6.80. The fourth-order valence-electron chi connectivity index (χ4n) is 3.56. The SMILES string of the molecule is CC(c1cccc(C#N)c1)N(C)S(=O)(=O)c1ccc(Br)cc1N1CC(CC(F)F)C1. The number of rotatable bonds is 7. The molecule has 0 amide bonds. The van der Waals surface area contributed by atoms with Crippen molar-refractivity contribution in [3.63, 3.8) is 0 Å². The van der Waals surface area contributed by atoms with E-state index in [1.165, 1.54) is 17.4 Å². The van der Waals surface area contributed by atoms with Crippen molar-refractivity contribution < 1.29 is 17.2 Å². The van der Waals surface area contributed by atoms with Gasteiger partial charge in [-0.3, -0.25) is 0 Å². The van der Waals surface area contributed by atoms with E-state index in [0.717, 1.165) is 0 Å². The molecule has 1 unspecified atom stereocenters. The van der Waals surface area contributed by atoms with Gasteiger partial charge in [-0.2, -0.15) is 9.57 Å². The van der Waals surface area contributed by atoms with E-state index in [-0.39, 0.29) is 17.2 Å². The number of nitriles is 1. The molecule has 0 N–H and O–H groups in total. The molecule has 1 saturated heterocycles. The van der Waals surface area contributed by atoms with Crippen LogP contribution in [0.15, 0.2) is 51.8 Å². The number of alkyl halides is 2. The van der Waals surface area contributed by atoms with Crippen molar-refractivity contribution in [2.45, 2.75) is 30.7 Å². The summed E-state index contributed by atoms with van der Waals surface area (Å²) in [7, 11) is -2.37. The Morgan fingerprint density at radius 1 is 1.27 bits per heavy atom. The molecular formula is C21H22BrF2N3O2S. The molecule has 0 aliphatic carbocycles. The highest BCUT2D eigenvalue weighted by molar-refractivity contribution is 9.10. The zero-order valence-corrected chi connectivity index (χ0v) is 19.0. The van der Waals surface area contributed by atoms with E-state index < -0.39 is 22.5 Å². The normalized spacial score (nSPS) is 15.9. The van der Waals surface area contributed by atoms with Gasteiger partial charge in [0.1, 0.15) is 4.90 Å². The molecule has 1 aliphatic heterocycles. The second-order valence-corrected chi connectivity index (χ2v) is 10.3. The van der Waals surface area contributed by atoms with Crippen molar-refractivity contribution >= 4 is 31.6 Å². The van der Waals surface area contributed by atoms with Gasteiger partial charge in [-0.1, -0.05) is 28.1 Å². The van der Waals surface area contributed by atoms with Crippen molar-refractivity contribution in [1.29, 1.82) is 5.26 Å². The number of hydrogen-bond donors (Lipinski definition) is 0. The molecule has 0 aromatic heterocycles. The zero-order valence-electron chi connectivity index (χ0n) is 16.6. The standard InChI is InChI=1S/C21H22BrF2N3O2S/c1-14(17-5-3-4-15(8-17)11-25)26(2)30(28,29)20-7-6-18(22)10-19(20)27-12-16(13-27)9-21(23)24/h3-8,10,14,16,21H,9,12-13H2,1-2H3. The van der Waals surface area contributed by atoms with Crippen LogP contribution in [0.25, 0.3) is 0 Å². The fraction of sp³-hybridized carbons (Fsp3) is 0.381. The number of benzene rings is 2. The lowest BCUT2D eigenvalue weighted by molar-refractivity contribution is 0.107. The van der Waals surface area contributed by atoms with Gasteiger partial charge in [0.25, 0.3) is 0 Å². The Bertz CT molecular complexity index is 1070. The predicted octanol–water partition coefficient (Wildman–Crippen LogP) is 4.79. The highest BCUT2D eigenvalue weighted by Gasteiger charge is 2.35. The van der Waals surface area contributed by atoms with E-state index in [0.29, 0.717) is 34.4 Å². The van der Waals surface area contributed by atoms with E-state index in [2.05, 4.69) is 22.0 Å². The number of halogens is 3. The Labute approximate surface area is 184 Å². The molecular weight excluding hydrogens is 476 g/mol. The molecule has 0 bridgehead atoms. The minimum atomic E-state index is -3.88. The molecule has 3 rings (SSSR count). The summed E-state index contributed by atoms with van der Waals surface area (Å²) in [6.07, 6.45) is -2.54. The van der Waals surface area contributed by atoms with Gasteiger partial charge in [-0.25, -0.2) is 17.2 Å². The minimum absolute atomic E-state index is 0.131. The second kappa shape index (κ2) is 9.00. The average Bonchev–Trinajstić information content (AvgIpc) is 2.68. The summed E-state index contributed by atoms with van der Waals surface area (Å²) in [5.74, 6) is -0.148. The number of anilines is 1. The first kappa shape index (κ1) is 22.7. The molecule has 0 radical (unpaired) electrons. The largest absolute Gasteiger partial charge is 0.370 e. The van der Waals surface area contributed by atoms with E-state index in [1.54, 1.807) is 43.3 Å². The van der Waals surface area contributed by atoms with Gasteiger partial charge in [0.2, 0.25) is 16.4 Å². The Hall–Kier alpha value is -2.02. The van der Waals surface area contributed by atoms with Crippen molar-refractivity contribution in [2.24, 2.45) is 5.92 Å². The number of sulfonamides is 1. The fourth-order valence-corrected chi connectivity index (χ4v) is 5.45. The lowest BCUT2D eigenvalue weighted by Crippen LogP contribution is -2.48. The van der Waals surface area contributed by atoms with Crippen LogP contribution in [0, 0.1) is 17.2 Å². The molecule has 1 heterocycles. The van der Waals surface area contributed by atoms with Gasteiger partial charge in [0.05, 0.1) is 17.3 Å². The van der Waals surface area contributed by atoms with Crippen LogP contribution in [0.2, 0.25) is 0 Å². The average molecular weight is 498 g/mol. The Morgan fingerprint density at radius 3 is 2.60 bits per heavy atom. The third-order valence-electron chi connectivity index (χ3n) is 5.43. The Morgan fingerprint density at radius 2 is 1.97 bits per heavy atom. The number of nitrogens with zero attached hydrogens (tertiary/aromatic N) is 3. The zero-order chi connectivity index (χ0) is 22.1. The highest BCUT2D eigenvalue weighted by Crippen LogP contribution is 2.37. The maximum atomic E-state index is 13.4. The summed E-state index contributed by atoms with van der Waals surface area (Å²) in [5.41, 5.74) is 1.67. The van der Waals surface area contributed by atoms with Crippen molar-refractivity contribution in [3.8, 4) is 6.07 Å². The van der Waals surface area contributed by atoms with Crippen LogP contribution in [-0.4, -0.2) is 39.3 Å². The quantitative estimate of drug-likeness (QED) is 0.551. The molecule has 2 aromatic rings. The van der Waals surface area contributed by atoms with Crippen molar-refractivity contribution in [3.05, 3.63) is 58.1 Å². The molecule has 0 saturated carbocycles. The first-order valence-corrected chi connectivity index (χ1v) is 11.7. The van der Waals surface area contributed by atoms with Gasteiger partial charge >= 0.3 is 0 Å². The molecule has 160 valence electrons. The molecule has 2 aromatic carbocycles. The van der Waals surface area contributed by atoms with E-state index in [1.807, 2.05) is 4.90 Å². The summed E-state index contributed by atoms with van der Waals surface area (Å²) in [5, 5.41) is 9.11. The summed E-state index contributed by atoms with van der Waals surface area (Å²) in [4.78, 5) is 1.95. The van der Waals surface area contributed by atoms with Crippen LogP contribution >= 0.6 is 15.9 Å². The molecule has 30 heavy (non-hydrogen) atoms. The minimum Gasteiger partial charge on any atom is -0.370 e. The van der Waals surface area contributed by atoms with E-state index >= 15 is 0 Å². The second-order valence-electron chi connectivity index (χ2n) is 7.44. The summed E-state index contributed by atoms with van der Waals surface area (Å²) in [6, 6.07) is 13.3. The highest BCUT2D eigenvalue weighted by atomic mass is 79.9. The third kappa shape index (κ3) is 4.66. The summed E-state index contributed by atoms with van der Waals surface area (Å²) in [6.45, 7) is 2.55. The van der Waals surface area contributed by atoms with Gasteiger partial charge in [0, 0.05) is 37.1 Å². The van der Waals surface area contributed by atoms with Crippen molar-refractivity contribution in [1.82, 2.24) is 4.31 Å². The summed E-state index contributed by atoms with van der Waals surface area (Å²) >= 11 is 3.37. The van der Waals surface area contributed by atoms with E-state index in [9.17, 15) is 17.2 Å². The molecule has 1 atom stereocenters. The van der Waals surface area contributed by atoms with Crippen LogP contribution in [0.4, 0.5) is 14.5 Å². The van der Waals surface area contributed by atoms with Crippen LogP contribution in [-0.2, 0) is 10.0 Å². The topological polar surface area (TPSA) is 64.4 Å². The first-order chi connectivity index (χ1) is 14.1. The first-order valence-electron chi connectivity index (χ1n) is 9.44. The van der Waals surface area contributed by atoms with Gasteiger partial charge in [-0.15, -0.1) is 0 Å². The van der Waals surface area contributed by atoms with Crippen LogP contribution < -0.4 is 4.90 Å². The lowest BCUT2D eigenvalue weighted by atomic mass is 9.96. The van der Waals surface area contributed by atoms with Crippen LogP contribution in [0.1, 0.15) is 30.5 Å². The monoisotopic (exact) mass is 497 g/mol. The molecule has 9 heteroatoms. The van der Waals surface area contributed by atoms with Gasteiger partial charge in [0.15, 0.2) is 0 Å². The molecule has 5 nitrogen and oxygen atoms in total. The Balaban J connectivity index is 1.89. The molecule has 1 aliphatic rings. The summed E-state index contributed by atoms with van der Waals surface area (Å²) < 4.78 is 54.1. The number of hydrogen-bond acceptors (Lipinski definition) is 4. The third-order valence-corrected chi connectivity index (χ3v) is 7.90. The van der Waals surface area contributed by atoms with Gasteiger partial charge in [-0.05, 0) is 48.7 Å².